The summed E-state index contributed by atoms with van der Waals surface area (Å²) in [5.41, 5.74) is 3.08. The molecule has 1 aromatic heterocycles. The Bertz CT molecular complexity index is 1380. The lowest BCUT2D eigenvalue weighted by Gasteiger charge is -2.20. The third kappa shape index (κ3) is 7.18. The van der Waals surface area contributed by atoms with Gasteiger partial charge in [-0.15, -0.1) is 0 Å². The van der Waals surface area contributed by atoms with Crippen molar-refractivity contribution in [2.75, 3.05) is 11.9 Å². The average molecular weight is 552 g/mol. The van der Waals surface area contributed by atoms with E-state index in [1.165, 1.54) is 18.0 Å². The number of halogens is 1. The van der Waals surface area contributed by atoms with E-state index in [1.54, 1.807) is 25.1 Å². The van der Waals surface area contributed by atoms with E-state index in [9.17, 15) is 9.59 Å². The molecular weight excluding hydrogens is 514 g/mol. The molecule has 0 radical (unpaired) electrons. The Kier molecular flexibility index (Phi) is 11.1. The number of hydrogen-bond acceptors (Lipinski definition) is 5. The first kappa shape index (κ1) is 31.4. The van der Waals surface area contributed by atoms with Crippen LogP contribution in [0.5, 0.6) is 11.5 Å². The van der Waals surface area contributed by atoms with Crippen LogP contribution in [-0.2, 0) is 10.3 Å². The van der Waals surface area contributed by atoms with Crippen molar-refractivity contribution >= 4 is 40.3 Å². The second kappa shape index (κ2) is 13.8. The van der Waals surface area contributed by atoms with Gasteiger partial charge in [0.2, 0.25) is 0 Å². The number of carbonyl (C=O) groups is 2. The van der Waals surface area contributed by atoms with Crippen molar-refractivity contribution in [1.29, 1.82) is 5.26 Å². The van der Waals surface area contributed by atoms with Crippen LogP contribution in [0.1, 0.15) is 66.4 Å². The number of aryl methyl sites for hydroxylation is 1. The number of hydrogen-bond donors (Lipinski definition) is 1. The highest BCUT2D eigenvalue weighted by molar-refractivity contribution is 6.32. The molecule has 0 unspecified atom stereocenters. The number of imidazole rings is 1. The third-order valence-corrected chi connectivity index (χ3v) is 6.47. The van der Waals surface area contributed by atoms with Crippen LogP contribution in [0.3, 0.4) is 0 Å². The summed E-state index contributed by atoms with van der Waals surface area (Å²) in [6, 6.07) is 10.2. The molecule has 8 nitrogen and oxygen atoms in total. The molecule has 1 fully saturated rings. The number of nitriles is 1. The summed E-state index contributed by atoms with van der Waals surface area (Å²) in [6.45, 7) is 13.8. The van der Waals surface area contributed by atoms with Crippen LogP contribution in [-0.4, -0.2) is 28.5 Å². The van der Waals surface area contributed by atoms with E-state index in [2.05, 4.69) is 21.8 Å². The normalized spacial score (nSPS) is 13.2. The maximum absolute atomic E-state index is 12.6. The number of allylic oxidation sites excluding steroid dienone is 1. The molecule has 0 atom stereocenters. The number of fused-ring (bicyclic) bond motifs is 1. The number of anilines is 1. The van der Waals surface area contributed by atoms with E-state index >= 15 is 0 Å². The van der Waals surface area contributed by atoms with Gasteiger partial charge in [-0.2, -0.15) is 5.26 Å². The van der Waals surface area contributed by atoms with Gasteiger partial charge in [0.05, 0.1) is 22.4 Å². The lowest BCUT2D eigenvalue weighted by Crippen LogP contribution is -2.41. The molecule has 1 heterocycles. The fraction of sp³-hybridized carbons (Fsp3) is 0.400. The number of aromatic nitrogens is 2. The number of urea groups is 1. The van der Waals surface area contributed by atoms with Crippen molar-refractivity contribution in [3.05, 3.63) is 58.9 Å². The van der Waals surface area contributed by atoms with E-state index in [4.69, 9.17) is 21.6 Å². The zero-order valence-corrected chi connectivity index (χ0v) is 24.8. The molecule has 1 aliphatic rings. The Morgan fingerprint density at radius 3 is 2.46 bits per heavy atom. The summed E-state index contributed by atoms with van der Waals surface area (Å²) in [4.78, 5) is 30.5. The summed E-state index contributed by atoms with van der Waals surface area (Å²) in [6.07, 6.45) is 6.08. The minimum Gasteiger partial charge on any atom is -0.455 e. The number of nitrogens with zero attached hydrogens (tertiary/aromatic N) is 4. The number of ether oxygens (including phenoxy) is 1. The molecule has 0 bridgehead atoms. The van der Waals surface area contributed by atoms with Crippen LogP contribution >= 0.6 is 11.6 Å². The molecule has 9 heteroatoms. The first-order valence-corrected chi connectivity index (χ1v) is 13.7. The zero-order valence-electron chi connectivity index (χ0n) is 24.1. The second-order valence-corrected chi connectivity index (χ2v) is 9.30. The van der Waals surface area contributed by atoms with Crippen molar-refractivity contribution in [2.24, 2.45) is 0 Å². The number of benzene rings is 2. The molecule has 1 N–H and O–H groups in total. The Morgan fingerprint density at radius 1 is 1.23 bits per heavy atom. The molecule has 2 aromatic carbocycles. The Hall–Kier alpha value is -3.83. The molecule has 3 aromatic rings. The Balaban J connectivity index is 0.00000127. The van der Waals surface area contributed by atoms with Crippen molar-refractivity contribution < 1.29 is 14.3 Å². The predicted octanol–water partition coefficient (Wildman–Crippen LogP) is 7.88. The van der Waals surface area contributed by atoms with E-state index in [0.717, 1.165) is 23.9 Å². The van der Waals surface area contributed by atoms with Gasteiger partial charge in [-0.05, 0) is 62.9 Å². The maximum atomic E-state index is 12.6. The summed E-state index contributed by atoms with van der Waals surface area (Å²) in [5.74, 6) is 0.356. The van der Waals surface area contributed by atoms with E-state index in [-0.39, 0.29) is 11.1 Å². The number of imide groups is 1. The van der Waals surface area contributed by atoms with Gasteiger partial charge in [-0.3, -0.25) is 15.0 Å². The van der Waals surface area contributed by atoms with Crippen molar-refractivity contribution in [3.63, 3.8) is 0 Å². The summed E-state index contributed by atoms with van der Waals surface area (Å²) in [5, 5.41) is 11.6. The SMILES string of the molecule is CC.CC.CC/C=C(\C#N)C(=O)NC(=O)N(C)c1cc(C)c(Oc2ccc3ncn(C4(C)CC4)c3c2)c(Cl)c1. The van der Waals surface area contributed by atoms with Crippen molar-refractivity contribution in [3.8, 4) is 17.6 Å². The van der Waals surface area contributed by atoms with Gasteiger partial charge >= 0.3 is 6.03 Å². The molecule has 1 saturated carbocycles. The number of carbonyl (C=O) groups excluding carboxylic acids is 2. The van der Waals surface area contributed by atoms with E-state index in [0.29, 0.717) is 34.2 Å². The van der Waals surface area contributed by atoms with Gasteiger partial charge in [0.1, 0.15) is 23.1 Å². The van der Waals surface area contributed by atoms with Crippen LogP contribution in [0.15, 0.2) is 48.3 Å². The van der Waals surface area contributed by atoms with Gasteiger partial charge in [-0.25, -0.2) is 9.78 Å². The van der Waals surface area contributed by atoms with Crippen molar-refractivity contribution in [2.45, 2.75) is 73.3 Å². The van der Waals surface area contributed by atoms with Crippen molar-refractivity contribution in [1.82, 2.24) is 14.9 Å². The van der Waals surface area contributed by atoms with Crippen LogP contribution < -0.4 is 15.0 Å². The van der Waals surface area contributed by atoms with Gasteiger partial charge in [-0.1, -0.05) is 52.3 Å². The second-order valence-electron chi connectivity index (χ2n) is 8.89. The lowest BCUT2D eigenvalue weighted by molar-refractivity contribution is -0.116. The highest BCUT2D eigenvalue weighted by Crippen LogP contribution is 2.45. The number of rotatable bonds is 6. The molecule has 0 aliphatic heterocycles. The van der Waals surface area contributed by atoms with E-state index < -0.39 is 11.9 Å². The average Bonchev–Trinajstić information content (AvgIpc) is 3.54. The molecule has 39 heavy (non-hydrogen) atoms. The minimum atomic E-state index is -0.747. The first-order chi connectivity index (χ1) is 18.7. The monoisotopic (exact) mass is 551 g/mol. The van der Waals surface area contributed by atoms with Gasteiger partial charge in [0.15, 0.2) is 0 Å². The van der Waals surface area contributed by atoms with Crippen LogP contribution in [0.25, 0.3) is 11.0 Å². The quantitative estimate of drug-likeness (QED) is 0.248. The van der Waals surface area contributed by atoms with Gasteiger partial charge < -0.3 is 9.30 Å². The molecule has 4 rings (SSSR count). The molecule has 0 spiro atoms. The molecule has 3 amide bonds. The topological polar surface area (TPSA) is 100 Å². The number of nitrogens with one attached hydrogen (secondary N) is 1. The molecule has 208 valence electrons. The molecule has 0 saturated heterocycles. The summed E-state index contributed by atoms with van der Waals surface area (Å²) >= 11 is 6.54. The summed E-state index contributed by atoms with van der Waals surface area (Å²) in [7, 11) is 1.51. The first-order valence-electron chi connectivity index (χ1n) is 13.3. The third-order valence-electron chi connectivity index (χ3n) is 6.19. The largest absolute Gasteiger partial charge is 0.455 e. The Morgan fingerprint density at radius 2 is 1.90 bits per heavy atom. The lowest BCUT2D eigenvalue weighted by atomic mass is 10.2. The highest BCUT2D eigenvalue weighted by atomic mass is 35.5. The smallest absolute Gasteiger partial charge is 0.328 e. The fourth-order valence-electron chi connectivity index (χ4n) is 3.82. The van der Waals surface area contributed by atoms with Crippen LogP contribution in [0.2, 0.25) is 5.02 Å². The Labute approximate surface area is 236 Å². The highest BCUT2D eigenvalue weighted by Gasteiger charge is 2.40. The molecular formula is C30H38ClN5O3. The van der Waals surface area contributed by atoms with Gasteiger partial charge in [0.25, 0.3) is 5.91 Å². The summed E-state index contributed by atoms with van der Waals surface area (Å²) < 4.78 is 8.34. The minimum absolute atomic E-state index is 0.107. The zero-order chi connectivity index (χ0) is 29.3. The standard InChI is InChI=1S/C26H26ClN5O3.2C2H6/c1-5-6-17(14-28)24(33)30-25(34)31(4)18-11-16(2)23(20(27)12-18)35-19-7-8-21-22(13-19)32(15-29-21)26(3)9-10-26;2*1-2/h6-8,11-13,15H,5,9-10H2,1-4H3,(H,30,33,34);2*1-2H3/b17-6+;;. The number of amides is 3. The molecule has 1 aliphatic carbocycles. The van der Waals surface area contributed by atoms with E-state index in [1.807, 2.05) is 59.1 Å². The van der Waals surface area contributed by atoms with Crippen LogP contribution in [0.4, 0.5) is 10.5 Å². The van der Waals surface area contributed by atoms with Crippen LogP contribution in [0, 0.1) is 18.3 Å². The fourth-order valence-corrected chi connectivity index (χ4v) is 4.11. The van der Waals surface area contributed by atoms with Gasteiger partial charge in [0, 0.05) is 24.3 Å². The maximum Gasteiger partial charge on any atom is 0.328 e. The predicted molar refractivity (Wildman–Crippen MR) is 158 cm³/mol.